The highest BCUT2D eigenvalue weighted by Gasteiger charge is 2.31. The van der Waals surface area contributed by atoms with E-state index in [0.717, 1.165) is 9.35 Å². The number of thiophene rings is 1. The Morgan fingerprint density at radius 1 is 1.53 bits per heavy atom. The first kappa shape index (κ1) is 14.9. The minimum Gasteiger partial charge on any atom is -0.370 e. The van der Waals surface area contributed by atoms with Crippen LogP contribution in [0.4, 0.5) is 0 Å². The van der Waals surface area contributed by atoms with Crippen LogP contribution in [0.15, 0.2) is 15.9 Å². The first-order valence-electron chi connectivity index (χ1n) is 5.71. The largest absolute Gasteiger partial charge is 0.370 e. The molecule has 1 aromatic rings. The molecule has 2 nitrogen and oxygen atoms in total. The fraction of sp³-hybridized carbons (Fsp3) is 0.615. The number of hydrogen-bond donors (Lipinski definition) is 0. The van der Waals surface area contributed by atoms with Crippen LogP contribution in [-0.4, -0.2) is 18.5 Å². The van der Waals surface area contributed by atoms with Gasteiger partial charge in [-0.2, -0.15) is 0 Å². The fourth-order valence-electron chi connectivity index (χ4n) is 1.70. The standard InChI is InChI=1S/C13H19BrO2S/c1-5-16-12(13(2,3)4)11(15)7-10-6-9(14)8-17-10/h6,8,12H,5,7H2,1-4H3. The van der Waals surface area contributed by atoms with Crippen molar-refractivity contribution in [2.75, 3.05) is 6.61 Å². The molecule has 0 aliphatic carbocycles. The molecule has 0 radical (unpaired) electrons. The summed E-state index contributed by atoms with van der Waals surface area (Å²) in [6.45, 7) is 8.61. The van der Waals surface area contributed by atoms with Crippen molar-refractivity contribution in [3.63, 3.8) is 0 Å². The molecule has 0 amide bonds. The van der Waals surface area contributed by atoms with Crippen LogP contribution >= 0.6 is 27.3 Å². The average Bonchev–Trinajstić information content (AvgIpc) is 2.58. The molecule has 1 heterocycles. The van der Waals surface area contributed by atoms with Crippen molar-refractivity contribution >= 4 is 33.0 Å². The molecular formula is C13H19BrO2S. The van der Waals surface area contributed by atoms with Gasteiger partial charge in [-0.3, -0.25) is 4.79 Å². The van der Waals surface area contributed by atoms with E-state index in [1.807, 2.05) is 39.1 Å². The summed E-state index contributed by atoms with van der Waals surface area (Å²) < 4.78 is 6.63. The zero-order chi connectivity index (χ0) is 13.1. The van der Waals surface area contributed by atoms with Crippen molar-refractivity contribution in [1.29, 1.82) is 0 Å². The summed E-state index contributed by atoms with van der Waals surface area (Å²) in [6.07, 6.45) is 0.131. The normalized spacial score (nSPS) is 13.7. The summed E-state index contributed by atoms with van der Waals surface area (Å²) in [5.74, 6) is 0.161. The van der Waals surface area contributed by atoms with Gasteiger partial charge in [-0.25, -0.2) is 0 Å². The number of ketones is 1. The highest BCUT2D eigenvalue weighted by atomic mass is 79.9. The molecule has 96 valence electrons. The zero-order valence-corrected chi connectivity index (χ0v) is 13.2. The number of carbonyl (C=O) groups excluding carboxylic acids is 1. The van der Waals surface area contributed by atoms with Crippen LogP contribution in [-0.2, 0) is 16.0 Å². The lowest BCUT2D eigenvalue weighted by molar-refractivity contribution is -0.136. The van der Waals surface area contributed by atoms with E-state index >= 15 is 0 Å². The van der Waals surface area contributed by atoms with Crippen LogP contribution in [0, 0.1) is 5.41 Å². The number of carbonyl (C=O) groups is 1. The van der Waals surface area contributed by atoms with Gasteiger partial charge in [0.25, 0.3) is 0 Å². The zero-order valence-electron chi connectivity index (χ0n) is 10.7. The van der Waals surface area contributed by atoms with Crippen molar-refractivity contribution in [2.45, 2.75) is 40.2 Å². The summed E-state index contributed by atoms with van der Waals surface area (Å²) in [5.41, 5.74) is -0.151. The van der Waals surface area contributed by atoms with E-state index < -0.39 is 0 Å². The summed E-state index contributed by atoms with van der Waals surface area (Å²) in [5, 5.41) is 2.00. The van der Waals surface area contributed by atoms with E-state index in [-0.39, 0.29) is 17.3 Å². The second kappa shape index (κ2) is 6.12. The SMILES string of the molecule is CCOC(C(=O)Cc1cc(Br)cs1)C(C)(C)C. The number of Topliss-reactive ketones (excluding diaryl/α,β-unsaturated/α-hetero) is 1. The second-order valence-electron chi connectivity index (χ2n) is 5.08. The highest BCUT2D eigenvalue weighted by molar-refractivity contribution is 9.10. The lowest BCUT2D eigenvalue weighted by Gasteiger charge is -2.29. The number of rotatable bonds is 5. The van der Waals surface area contributed by atoms with Crippen molar-refractivity contribution in [3.8, 4) is 0 Å². The molecule has 0 spiro atoms. The molecule has 1 aromatic heterocycles. The van der Waals surface area contributed by atoms with Gasteiger partial charge < -0.3 is 4.74 Å². The van der Waals surface area contributed by atoms with Gasteiger partial charge in [-0.15, -0.1) is 11.3 Å². The predicted octanol–water partition coefficient (Wildman–Crippen LogP) is 4.07. The van der Waals surface area contributed by atoms with Gasteiger partial charge in [0.15, 0.2) is 5.78 Å². The van der Waals surface area contributed by atoms with Gasteiger partial charge in [0.05, 0.1) is 0 Å². The first-order valence-corrected chi connectivity index (χ1v) is 7.39. The van der Waals surface area contributed by atoms with E-state index in [4.69, 9.17) is 4.74 Å². The number of halogens is 1. The Hall–Kier alpha value is -0.190. The molecule has 17 heavy (non-hydrogen) atoms. The monoisotopic (exact) mass is 318 g/mol. The van der Waals surface area contributed by atoms with Crippen molar-refractivity contribution in [1.82, 2.24) is 0 Å². The van der Waals surface area contributed by atoms with Crippen LogP contribution < -0.4 is 0 Å². The van der Waals surface area contributed by atoms with Gasteiger partial charge in [0.2, 0.25) is 0 Å². The lowest BCUT2D eigenvalue weighted by Crippen LogP contribution is -2.38. The molecule has 0 aliphatic heterocycles. The molecule has 0 N–H and O–H groups in total. The second-order valence-corrected chi connectivity index (χ2v) is 6.99. The smallest absolute Gasteiger partial charge is 0.167 e. The Labute approximate surface area is 115 Å². The Bertz CT molecular complexity index is 379. The predicted molar refractivity (Wildman–Crippen MR) is 75.6 cm³/mol. The van der Waals surface area contributed by atoms with Gasteiger partial charge in [-0.1, -0.05) is 20.8 Å². The molecule has 0 aromatic carbocycles. The molecule has 0 fully saturated rings. The summed E-state index contributed by atoms with van der Waals surface area (Å²) in [4.78, 5) is 13.3. The minimum atomic E-state index is -0.326. The Morgan fingerprint density at radius 2 is 2.18 bits per heavy atom. The van der Waals surface area contributed by atoms with E-state index in [9.17, 15) is 4.79 Å². The third-order valence-corrected chi connectivity index (χ3v) is 4.08. The van der Waals surface area contributed by atoms with Gasteiger partial charge in [0, 0.05) is 27.8 Å². The van der Waals surface area contributed by atoms with Crippen molar-refractivity contribution in [2.24, 2.45) is 5.41 Å². The molecule has 1 rings (SSSR count). The van der Waals surface area contributed by atoms with E-state index in [0.29, 0.717) is 13.0 Å². The topological polar surface area (TPSA) is 26.3 Å². The van der Waals surface area contributed by atoms with Crippen molar-refractivity contribution < 1.29 is 9.53 Å². The third-order valence-electron chi connectivity index (χ3n) is 2.38. The van der Waals surface area contributed by atoms with Crippen LogP contribution in [0.1, 0.15) is 32.6 Å². The number of ether oxygens (including phenoxy) is 1. The molecule has 4 heteroatoms. The molecular weight excluding hydrogens is 300 g/mol. The lowest BCUT2D eigenvalue weighted by atomic mass is 9.85. The maximum Gasteiger partial charge on any atom is 0.167 e. The number of hydrogen-bond acceptors (Lipinski definition) is 3. The van der Waals surface area contributed by atoms with E-state index in [2.05, 4.69) is 15.9 Å². The molecule has 1 unspecified atom stereocenters. The maximum absolute atomic E-state index is 12.2. The molecule has 0 saturated heterocycles. The third kappa shape index (κ3) is 4.53. The van der Waals surface area contributed by atoms with Crippen LogP contribution in [0.2, 0.25) is 0 Å². The van der Waals surface area contributed by atoms with Gasteiger partial charge in [-0.05, 0) is 34.3 Å². The summed E-state index contributed by atoms with van der Waals surface area (Å²) in [6, 6.07) is 1.99. The first-order chi connectivity index (χ1) is 7.84. The highest BCUT2D eigenvalue weighted by Crippen LogP contribution is 2.26. The van der Waals surface area contributed by atoms with Gasteiger partial charge >= 0.3 is 0 Å². The Balaban J connectivity index is 2.72. The Kier molecular flexibility index (Phi) is 5.35. The van der Waals surface area contributed by atoms with Crippen molar-refractivity contribution in [3.05, 3.63) is 20.8 Å². The van der Waals surface area contributed by atoms with Crippen LogP contribution in [0.25, 0.3) is 0 Å². The van der Waals surface area contributed by atoms with Crippen LogP contribution in [0.5, 0.6) is 0 Å². The molecule has 0 aliphatic rings. The summed E-state index contributed by atoms with van der Waals surface area (Å²) in [7, 11) is 0. The molecule has 1 atom stereocenters. The Morgan fingerprint density at radius 3 is 2.59 bits per heavy atom. The van der Waals surface area contributed by atoms with E-state index in [1.165, 1.54) is 0 Å². The molecule has 0 saturated carbocycles. The quantitative estimate of drug-likeness (QED) is 0.818. The minimum absolute atomic E-state index is 0.151. The maximum atomic E-state index is 12.2. The molecule has 0 bridgehead atoms. The summed E-state index contributed by atoms with van der Waals surface area (Å²) >= 11 is 5.00. The fourth-order valence-corrected chi connectivity index (χ4v) is 3.16. The van der Waals surface area contributed by atoms with Crippen LogP contribution in [0.3, 0.4) is 0 Å². The average molecular weight is 319 g/mol. The van der Waals surface area contributed by atoms with E-state index in [1.54, 1.807) is 11.3 Å². The van der Waals surface area contributed by atoms with Gasteiger partial charge in [0.1, 0.15) is 6.10 Å².